The number of benzene rings is 1. The highest BCUT2D eigenvalue weighted by molar-refractivity contribution is 6.11. The molecule has 7 heteroatoms. The van der Waals surface area contributed by atoms with Gasteiger partial charge in [0, 0.05) is 29.8 Å². The molecule has 3 amide bonds. The van der Waals surface area contributed by atoms with Crippen LogP contribution in [0.4, 0.5) is 5.69 Å². The molecule has 0 aromatic heterocycles. The molecule has 7 aliphatic rings. The number of carbonyl (C=O) groups excluding carboxylic acids is 3. The maximum absolute atomic E-state index is 13.9. The Morgan fingerprint density at radius 2 is 1.88 bits per heavy atom. The first-order valence-electron chi connectivity index (χ1n) is 12.0. The quantitative estimate of drug-likeness (QED) is 0.640. The van der Waals surface area contributed by atoms with Crippen molar-refractivity contribution in [2.45, 2.75) is 75.5 Å². The number of nitrogens with one attached hydrogen (secondary N) is 2. The van der Waals surface area contributed by atoms with E-state index in [0.29, 0.717) is 25.8 Å². The van der Waals surface area contributed by atoms with Crippen LogP contribution >= 0.6 is 0 Å². The normalized spacial score (nSPS) is 40.2. The largest absolute Gasteiger partial charge is 0.483 e. The highest BCUT2D eigenvalue weighted by Crippen LogP contribution is 2.70. The summed E-state index contributed by atoms with van der Waals surface area (Å²) in [6, 6.07) is 3.98. The zero-order valence-corrected chi connectivity index (χ0v) is 19.5. The molecule has 1 aromatic rings. The van der Waals surface area contributed by atoms with Gasteiger partial charge in [0.25, 0.3) is 0 Å². The summed E-state index contributed by atoms with van der Waals surface area (Å²) in [6.45, 7) is 8.86. The molecule has 2 N–H and O–H groups in total. The van der Waals surface area contributed by atoms with E-state index in [1.165, 1.54) is 0 Å². The highest BCUT2D eigenvalue weighted by Gasteiger charge is 2.80. The third-order valence-electron chi connectivity index (χ3n) is 9.81. The molecule has 8 rings (SSSR count). The van der Waals surface area contributed by atoms with Crippen molar-refractivity contribution in [1.29, 1.82) is 0 Å². The molecule has 6 heterocycles. The fraction of sp³-hybridized carbons (Fsp3) is 0.577. The van der Waals surface area contributed by atoms with Crippen molar-refractivity contribution in [2.75, 3.05) is 11.9 Å². The van der Waals surface area contributed by atoms with Crippen molar-refractivity contribution in [3.05, 3.63) is 29.3 Å². The molecular formula is C26H29N3O4. The molecule has 6 aliphatic heterocycles. The molecule has 1 aliphatic carbocycles. The van der Waals surface area contributed by atoms with E-state index in [-0.39, 0.29) is 23.6 Å². The van der Waals surface area contributed by atoms with Crippen molar-refractivity contribution >= 4 is 29.5 Å². The van der Waals surface area contributed by atoms with Gasteiger partial charge in [0.2, 0.25) is 17.7 Å². The summed E-state index contributed by atoms with van der Waals surface area (Å²) in [5, 5.41) is 6.31. The van der Waals surface area contributed by atoms with Crippen LogP contribution in [0.1, 0.15) is 64.5 Å². The van der Waals surface area contributed by atoms with Gasteiger partial charge in [0.1, 0.15) is 22.4 Å². The lowest BCUT2D eigenvalue weighted by molar-refractivity contribution is -0.175. The number of anilines is 1. The highest BCUT2D eigenvalue weighted by atomic mass is 16.5. The van der Waals surface area contributed by atoms with Crippen molar-refractivity contribution in [1.82, 2.24) is 10.2 Å². The van der Waals surface area contributed by atoms with Gasteiger partial charge in [-0.25, -0.2) is 0 Å². The molecular weight excluding hydrogens is 418 g/mol. The Morgan fingerprint density at radius 3 is 2.67 bits per heavy atom. The topological polar surface area (TPSA) is 87.7 Å². The number of hydrogen-bond donors (Lipinski definition) is 2. The number of ether oxygens (including phenoxy) is 1. The van der Waals surface area contributed by atoms with E-state index in [0.717, 1.165) is 29.0 Å². The molecule has 5 fully saturated rings. The minimum atomic E-state index is -1.03. The smallest absolute Gasteiger partial charge is 0.249 e. The number of fused-ring (bicyclic) bond motifs is 4. The molecule has 3 spiro atoms. The van der Waals surface area contributed by atoms with Crippen LogP contribution in [0.15, 0.2) is 18.2 Å². The van der Waals surface area contributed by atoms with Crippen LogP contribution in [0.3, 0.4) is 0 Å². The second-order valence-corrected chi connectivity index (χ2v) is 12.0. The van der Waals surface area contributed by atoms with Crippen LogP contribution < -0.4 is 15.4 Å². The Balaban J connectivity index is 1.43. The van der Waals surface area contributed by atoms with E-state index < -0.39 is 27.5 Å². The number of nitrogens with zero attached hydrogens (tertiary/aromatic N) is 1. The summed E-state index contributed by atoms with van der Waals surface area (Å²) < 4.78 is 6.15. The zero-order valence-electron chi connectivity index (χ0n) is 19.5. The Kier molecular flexibility index (Phi) is 3.14. The standard InChI is InChI=1S/C26H29N3O4/c1-22(2)8-6-14-10-15-16(11-17(14)33-22)27-20(31)25(15)13-26-18(23(25,3)4)12-24(19(30)28-26)7-5-9-29(24)21(26)32/h6,8,10-11,18H,5,7,9,12-13H2,1-4H3,(H,27,31)(H,28,30)/t18-,24+,25-,26+/m1/s1. The van der Waals surface area contributed by atoms with E-state index >= 15 is 0 Å². The predicted octanol–water partition coefficient (Wildman–Crippen LogP) is 2.74. The monoisotopic (exact) mass is 447 g/mol. The van der Waals surface area contributed by atoms with Gasteiger partial charge in [-0.3, -0.25) is 14.4 Å². The number of piperazine rings is 1. The number of rotatable bonds is 0. The summed E-state index contributed by atoms with van der Waals surface area (Å²) >= 11 is 0. The van der Waals surface area contributed by atoms with Gasteiger partial charge in [0.15, 0.2) is 0 Å². The average molecular weight is 448 g/mol. The maximum atomic E-state index is 13.9. The fourth-order valence-electron chi connectivity index (χ4n) is 8.18. The Morgan fingerprint density at radius 1 is 1.09 bits per heavy atom. The van der Waals surface area contributed by atoms with Gasteiger partial charge in [-0.05, 0) is 62.7 Å². The number of carbonyl (C=O) groups is 3. The molecule has 0 unspecified atom stereocenters. The molecule has 4 atom stereocenters. The molecule has 172 valence electrons. The van der Waals surface area contributed by atoms with Gasteiger partial charge in [-0.1, -0.05) is 19.9 Å². The van der Waals surface area contributed by atoms with Gasteiger partial charge in [-0.15, -0.1) is 0 Å². The third-order valence-corrected chi connectivity index (χ3v) is 9.81. The van der Waals surface area contributed by atoms with Crippen LogP contribution in [0.25, 0.3) is 6.08 Å². The van der Waals surface area contributed by atoms with E-state index in [1.54, 1.807) is 0 Å². The second-order valence-electron chi connectivity index (χ2n) is 12.0. The van der Waals surface area contributed by atoms with Crippen LogP contribution in [0.5, 0.6) is 5.75 Å². The Labute approximate surface area is 192 Å². The molecule has 0 radical (unpaired) electrons. The van der Waals surface area contributed by atoms with E-state index in [9.17, 15) is 14.4 Å². The summed E-state index contributed by atoms with van der Waals surface area (Å²) in [4.78, 5) is 42.9. The van der Waals surface area contributed by atoms with Gasteiger partial charge >= 0.3 is 0 Å². The lowest BCUT2D eigenvalue weighted by atomic mass is 9.57. The molecule has 7 nitrogen and oxygen atoms in total. The first-order valence-corrected chi connectivity index (χ1v) is 12.0. The first-order chi connectivity index (χ1) is 15.5. The van der Waals surface area contributed by atoms with Crippen LogP contribution in [-0.2, 0) is 19.8 Å². The second kappa shape index (κ2) is 5.29. The zero-order chi connectivity index (χ0) is 23.2. The van der Waals surface area contributed by atoms with Crippen LogP contribution in [0, 0.1) is 11.3 Å². The van der Waals surface area contributed by atoms with E-state index in [2.05, 4.69) is 36.6 Å². The van der Waals surface area contributed by atoms with Crippen molar-refractivity contribution in [2.24, 2.45) is 11.3 Å². The molecule has 1 aromatic carbocycles. The maximum Gasteiger partial charge on any atom is 0.249 e. The number of hydrogen-bond acceptors (Lipinski definition) is 4. The lowest BCUT2D eigenvalue weighted by Crippen LogP contribution is -2.81. The number of piperidine rings is 2. The first kappa shape index (κ1) is 19.6. The number of amides is 3. The van der Waals surface area contributed by atoms with E-state index in [1.807, 2.05) is 30.9 Å². The van der Waals surface area contributed by atoms with Gasteiger partial charge < -0.3 is 20.3 Å². The Hall–Kier alpha value is -2.83. The summed E-state index contributed by atoms with van der Waals surface area (Å²) in [6.07, 6.45) is 6.55. The van der Waals surface area contributed by atoms with Crippen molar-refractivity contribution in [3.63, 3.8) is 0 Å². The fourth-order valence-corrected chi connectivity index (χ4v) is 8.18. The van der Waals surface area contributed by atoms with Crippen LogP contribution in [-0.4, -0.2) is 45.8 Å². The van der Waals surface area contributed by atoms with Gasteiger partial charge in [0.05, 0.1) is 5.41 Å². The molecule has 2 bridgehead atoms. The minimum Gasteiger partial charge on any atom is -0.483 e. The predicted molar refractivity (Wildman–Crippen MR) is 122 cm³/mol. The molecule has 33 heavy (non-hydrogen) atoms. The third kappa shape index (κ3) is 1.91. The van der Waals surface area contributed by atoms with Crippen LogP contribution in [0.2, 0.25) is 0 Å². The van der Waals surface area contributed by atoms with Gasteiger partial charge in [-0.2, -0.15) is 0 Å². The molecule has 4 saturated heterocycles. The van der Waals surface area contributed by atoms with E-state index in [4.69, 9.17) is 4.74 Å². The molecule has 1 saturated carbocycles. The summed E-state index contributed by atoms with van der Waals surface area (Å²) in [5.74, 6) is 0.522. The minimum absolute atomic E-state index is 0.00462. The average Bonchev–Trinajstić information content (AvgIpc) is 3.34. The van der Waals surface area contributed by atoms with Crippen molar-refractivity contribution in [3.8, 4) is 5.75 Å². The summed E-state index contributed by atoms with van der Waals surface area (Å²) in [7, 11) is 0. The Bertz CT molecular complexity index is 1230. The lowest BCUT2D eigenvalue weighted by Gasteiger charge is -2.59. The SMILES string of the molecule is CC1(C)C=Cc2cc3c(cc2O1)NC(=O)[C@@]31C[C@@]23NC(=O)[C@]4(CCCN4C2=O)C[C@@H]3C1(C)C. The summed E-state index contributed by atoms with van der Waals surface area (Å²) in [5.41, 5.74) is -1.03. The van der Waals surface area contributed by atoms with Crippen molar-refractivity contribution < 1.29 is 19.1 Å².